The number of aromatic amines is 1. The molecule has 9 heavy (non-hydrogen) atoms. The quantitative estimate of drug-likeness (QED) is 0.493. The zero-order chi connectivity index (χ0) is 7.11. The highest BCUT2D eigenvalue weighted by Crippen LogP contribution is 1.86. The fourth-order valence-corrected chi connectivity index (χ4v) is 0.215. The first-order valence-electron chi connectivity index (χ1n) is 2.01. The molecule has 0 amide bonds. The molecule has 1 N–H and O–H groups in total. The number of aromatic nitrogens is 2. The third-order valence-electron chi connectivity index (χ3n) is 0.406. The van der Waals surface area contributed by atoms with Crippen LogP contribution in [0.25, 0.3) is 0 Å². The van der Waals surface area contributed by atoms with Crippen molar-refractivity contribution in [1.29, 1.82) is 0 Å². The number of nitrogens with zero attached hydrogens (tertiary/aromatic N) is 1. The number of hydrogen-bond donors (Lipinski definition) is 1. The zero-order valence-corrected chi connectivity index (χ0v) is 6.67. The highest BCUT2D eigenvalue weighted by Gasteiger charge is 1.64. The Hall–Kier alpha value is -0.120. The van der Waals surface area contributed by atoms with E-state index in [4.69, 9.17) is 23.2 Å². The summed E-state index contributed by atoms with van der Waals surface area (Å²) in [5.74, 6) is 0. The van der Waals surface area contributed by atoms with Gasteiger partial charge in [0.15, 0.2) is 3.78 Å². The third-order valence-corrected chi connectivity index (χ3v) is 0.406. The van der Waals surface area contributed by atoms with Crippen molar-refractivity contribution < 1.29 is 0 Å². The van der Waals surface area contributed by atoms with E-state index in [2.05, 4.69) is 22.2 Å². The van der Waals surface area contributed by atoms with E-state index in [1.807, 2.05) is 0 Å². The van der Waals surface area contributed by atoms with Crippen LogP contribution in [0.2, 0.25) is 0 Å². The molecular formula is C4H4Cl2N2S. The summed E-state index contributed by atoms with van der Waals surface area (Å²) in [5.41, 5.74) is 0. The average Bonchev–Trinajstić information content (AvgIpc) is 2.11. The molecule has 0 bridgehead atoms. The van der Waals surface area contributed by atoms with Crippen LogP contribution < -0.4 is 0 Å². The molecule has 0 aromatic carbocycles. The Morgan fingerprint density at radius 3 is 2.22 bits per heavy atom. The Balaban J connectivity index is 0.000000148. The summed E-state index contributed by atoms with van der Waals surface area (Å²) in [6.45, 7) is 0. The van der Waals surface area contributed by atoms with Gasteiger partial charge in [-0.15, -0.1) is 0 Å². The first-order chi connectivity index (χ1) is 4.23. The van der Waals surface area contributed by atoms with Crippen molar-refractivity contribution in [3.8, 4) is 0 Å². The second-order valence-corrected chi connectivity index (χ2v) is 2.79. The van der Waals surface area contributed by atoms with Crippen molar-refractivity contribution >= 4 is 39.2 Å². The monoisotopic (exact) mass is 182 g/mol. The van der Waals surface area contributed by atoms with Crippen molar-refractivity contribution in [2.45, 2.75) is 0 Å². The molecular weight excluding hydrogens is 179 g/mol. The van der Waals surface area contributed by atoms with E-state index in [0.717, 1.165) is 0 Å². The van der Waals surface area contributed by atoms with Gasteiger partial charge in [-0.3, -0.25) is 0 Å². The predicted molar refractivity (Wildman–Crippen MR) is 42.9 cm³/mol. The van der Waals surface area contributed by atoms with Gasteiger partial charge in [0.1, 0.15) is 0 Å². The van der Waals surface area contributed by atoms with Crippen LogP contribution in [-0.4, -0.2) is 13.8 Å². The van der Waals surface area contributed by atoms with Gasteiger partial charge in [-0.05, 0) is 0 Å². The molecule has 0 unspecified atom stereocenters. The maximum atomic E-state index is 4.77. The van der Waals surface area contributed by atoms with Crippen LogP contribution in [0.15, 0.2) is 18.7 Å². The molecule has 1 aromatic heterocycles. The Morgan fingerprint density at radius 1 is 1.56 bits per heavy atom. The normalized spacial score (nSPS) is 7.33. The van der Waals surface area contributed by atoms with Crippen molar-refractivity contribution in [3.05, 3.63) is 18.7 Å². The number of halogens is 2. The van der Waals surface area contributed by atoms with E-state index < -0.39 is 0 Å². The molecule has 1 rings (SSSR count). The molecule has 0 fully saturated rings. The molecule has 1 aromatic rings. The Labute approximate surface area is 68.2 Å². The van der Waals surface area contributed by atoms with Crippen molar-refractivity contribution in [3.63, 3.8) is 0 Å². The lowest BCUT2D eigenvalue weighted by molar-refractivity contribution is 1.31. The summed E-state index contributed by atoms with van der Waals surface area (Å²) < 4.78 is -0.0556. The molecule has 0 aliphatic carbocycles. The Kier molecular flexibility index (Phi) is 5.93. The summed E-state index contributed by atoms with van der Waals surface area (Å²) in [7, 11) is 0. The number of hydrogen-bond acceptors (Lipinski definition) is 2. The summed E-state index contributed by atoms with van der Waals surface area (Å²) in [4.78, 5) is 6.42. The number of imidazole rings is 1. The minimum atomic E-state index is -0.0556. The number of nitrogens with one attached hydrogen (secondary N) is 1. The van der Waals surface area contributed by atoms with Crippen molar-refractivity contribution in [2.75, 3.05) is 0 Å². The average molecular weight is 183 g/mol. The van der Waals surface area contributed by atoms with Crippen LogP contribution in [0.5, 0.6) is 0 Å². The molecule has 0 saturated heterocycles. The predicted octanol–water partition coefficient (Wildman–Crippen LogP) is 2.16. The maximum Gasteiger partial charge on any atom is 0.169 e. The highest BCUT2D eigenvalue weighted by atomic mass is 35.5. The first kappa shape index (κ1) is 8.88. The Bertz CT molecular complexity index is 130. The fraction of sp³-hybridized carbons (Fsp3) is 0. The molecule has 0 radical (unpaired) electrons. The summed E-state index contributed by atoms with van der Waals surface area (Å²) in [5, 5.41) is 0. The van der Waals surface area contributed by atoms with E-state index in [1.165, 1.54) is 0 Å². The third kappa shape index (κ3) is 11.4. The van der Waals surface area contributed by atoms with Gasteiger partial charge in [0, 0.05) is 12.4 Å². The highest BCUT2D eigenvalue weighted by molar-refractivity contribution is 7.86. The summed E-state index contributed by atoms with van der Waals surface area (Å²) in [6.07, 6.45) is 5.08. The minimum Gasteiger partial charge on any atom is -0.351 e. The van der Waals surface area contributed by atoms with E-state index >= 15 is 0 Å². The van der Waals surface area contributed by atoms with Gasteiger partial charge < -0.3 is 4.98 Å². The lowest BCUT2D eigenvalue weighted by Gasteiger charge is -1.53. The van der Waals surface area contributed by atoms with Gasteiger partial charge in [0.25, 0.3) is 0 Å². The van der Waals surface area contributed by atoms with Crippen LogP contribution in [0.1, 0.15) is 0 Å². The van der Waals surface area contributed by atoms with Gasteiger partial charge in [-0.25, -0.2) is 4.98 Å². The summed E-state index contributed by atoms with van der Waals surface area (Å²) in [6, 6.07) is 0. The maximum absolute atomic E-state index is 4.77. The van der Waals surface area contributed by atoms with Gasteiger partial charge in [0.05, 0.1) is 6.33 Å². The molecule has 1 heterocycles. The number of H-pyrrole nitrogens is 1. The summed E-state index contributed by atoms with van der Waals surface area (Å²) >= 11 is 13.6. The molecule has 50 valence electrons. The lowest BCUT2D eigenvalue weighted by Crippen LogP contribution is -1.45. The fourth-order valence-electron chi connectivity index (χ4n) is 0.215. The minimum absolute atomic E-state index is 0.0556. The Morgan fingerprint density at radius 2 is 2.11 bits per heavy atom. The van der Waals surface area contributed by atoms with Gasteiger partial charge in [0.2, 0.25) is 0 Å². The van der Waals surface area contributed by atoms with Crippen LogP contribution >= 0.6 is 35.4 Å². The van der Waals surface area contributed by atoms with Gasteiger partial charge in [-0.2, -0.15) is 0 Å². The van der Waals surface area contributed by atoms with Crippen molar-refractivity contribution in [1.82, 2.24) is 9.97 Å². The van der Waals surface area contributed by atoms with E-state index in [1.54, 1.807) is 18.7 Å². The van der Waals surface area contributed by atoms with Crippen LogP contribution in [0.4, 0.5) is 0 Å². The van der Waals surface area contributed by atoms with Crippen LogP contribution in [0, 0.1) is 0 Å². The van der Waals surface area contributed by atoms with Gasteiger partial charge >= 0.3 is 0 Å². The molecule has 0 saturated carbocycles. The molecule has 0 aliphatic heterocycles. The standard InChI is InChI=1S/C3H4N2.CCl2S/c1-2-5-3-4-1;2-1(3)4/h1-3H,(H,4,5);. The SMILES string of the molecule is S=C(Cl)Cl.c1c[nH]cn1. The second-order valence-electron chi connectivity index (χ2n) is 0.986. The number of rotatable bonds is 0. The number of thiocarbonyl (C=S) groups is 1. The zero-order valence-electron chi connectivity index (χ0n) is 4.34. The molecule has 0 atom stereocenters. The van der Waals surface area contributed by atoms with Crippen LogP contribution in [0.3, 0.4) is 0 Å². The molecule has 5 heteroatoms. The molecule has 0 aliphatic rings. The van der Waals surface area contributed by atoms with E-state index in [0.29, 0.717) is 0 Å². The second kappa shape index (κ2) is 6.01. The first-order valence-corrected chi connectivity index (χ1v) is 3.17. The van der Waals surface area contributed by atoms with Gasteiger partial charge in [-0.1, -0.05) is 35.4 Å². The lowest BCUT2D eigenvalue weighted by atomic mass is 11.0. The topological polar surface area (TPSA) is 28.7 Å². The van der Waals surface area contributed by atoms with Crippen LogP contribution in [-0.2, 0) is 0 Å². The largest absolute Gasteiger partial charge is 0.351 e. The molecule has 2 nitrogen and oxygen atoms in total. The van der Waals surface area contributed by atoms with E-state index in [-0.39, 0.29) is 3.78 Å². The van der Waals surface area contributed by atoms with E-state index in [9.17, 15) is 0 Å². The molecule has 0 spiro atoms. The van der Waals surface area contributed by atoms with Crippen molar-refractivity contribution in [2.24, 2.45) is 0 Å². The smallest absolute Gasteiger partial charge is 0.169 e.